The monoisotopic (exact) mass is 354 g/mol. The summed E-state index contributed by atoms with van der Waals surface area (Å²) in [7, 11) is 0. The highest BCUT2D eigenvalue weighted by Crippen LogP contribution is 2.15. The molecular formula is C16H13ClF2N2O3. The Morgan fingerprint density at radius 1 is 1.08 bits per heavy atom. The number of hydrazine groups is 1. The van der Waals surface area contributed by atoms with E-state index >= 15 is 0 Å². The zero-order chi connectivity index (χ0) is 17.7. The van der Waals surface area contributed by atoms with Crippen molar-refractivity contribution in [3.63, 3.8) is 0 Å². The molecule has 126 valence electrons. The number of hydrogen-bond donors (Lipinski definition) is 2. The molecule has 2 aromatic rings. The van der Waals surface area contributed by atoms with Crippen LogP contribution < -0.4 is 15.6 Å². The second kappa shape index (κ2) is 7.74. The standard InChI is InChI=1S/C16H13ClF2N2O3/c1-9(24-12-5-3-11(18)4-6-12)15(22)20-21-16(23)13-7-2-10(17)8-14(13)19/h2-9H,1H3,(H,20,22)(H,21,23)/t9-/m1/s1. The second-order valence-electron chi connectivity index (χ2n) is 4.78. The topological polar surface area (TPSA) is 67.4 Å². The van der Waals surface area contributed by atoms with Gasteiger partial charge in [0.15, 0.2) is 6.10 Å². The average Bonchev–Trinajstić information content (AvgIpc) is 2.54. The van der Waals surface area contributed by atoms with Gasteiger partial charge in [-0.05, 0) is 49.4 Å². The maximum Gasteiger partial charge on any atom is 0.279 e. The van der Waals surface area contributed by atoms with Crippen LogP contribution in [0.5, 0.6) is 5.75 Å². The van der Waals surface area contributed by atoms with Gasteiger partial charge >= 0.3 is 0 Å². The van der Waals surface area contributed by atoms with E-state index < -0.39 is 29.6 Å². The highest BCUT2D eigenvalue weighted by atomic mass is 35.5. The Morgan fingerprint density at radius 2 is 1.75 bits per heavy atom. The molecule has 0 saturated heterocycles. The van der Waals surface area contributed by atoms with E-state index in [0.717, 1.165) is 6.07 Å². The van der Waals surface area contributed by atoms with Crippen LogP contribution in [0, 0.1) is 11.6 Å². The van der Waals surface area contributed by atoms with Crippen LogP contribution in [-0.4, -0.2) is 17.9 Å². The summed E-state index contributed by atoms with van der Waals surface area (Å²) in [5, 5.41) is 0.148. The summed E-state index contributed by atoms with van der Waals surface area (Å²) >= 11 is 5.60. The Morgan fingerprint density at radius 3 is 2.38 bits per heavy atom. The van der Waals surface area contributed by atoms with Crippen LogP contribution in [0.1, 0.15) is 17.3 Å². The van der Waals surface area contributed by atoms with Crippen molar-refractivity contribution in [2.45, 2.75) is 13.0 Å². The van der Waals surface area contributed by atoms with Crippen LogP contribution in [-0.2, 0) is 4.79 Å². The van der Waals surface area contributed by atoms with E-state index in [-0.39, 0.29) is 16.3 Å². The third kappa shape index (κ3) is 4.66. The molecule has 1 atom stereocenters. The highest BCUT2D eigenvalue weighted by molar-refractivity contribution is 6.30. The number of ether oxygens (including phenoxy) is 1. The molecule has 2 amide bonds. The summed E-state index contributed by atoms with van der Waals surface area (Å²) in [6, 6.07) is 8.62. The van der Waals surface area contributed by atoms with Gasteiger partial charge in [0.1, 0.15) is 17.4 Å². The number of benzene rings is 2. The van der Waals surface area contributed by atoms with Gasteiger partial charge in [-0.3, -0.25) is 20.4 Å². The van der Waals surface area contributed by atoms with Crippen molar-refractivity contribution >= 4 is 23.4 Å². The maximum absolute atomic E-state index is 13.6. The highest BCUT2D eigenvalue weighted by Gasteiger charge is 2.17. The number of amides is 2. The second-order valence-corrected chi connectivity index (χ2v) is 5.22. The zero-order valence-corrected chi connectivity index (χ0v) is 13.2. The summed E-state index contributed by atoms with van der Waals surface area (Å²) < 4.78 is 31.7. The quantitative estimate of drug-likeness (QED) is 0.830. The van der Waals surface area contributed by atoms with Gasteiger partial charge in [-0.1, -0.05) is 11.6 Å². The fourth-order valence-electron chi connectivity index (χ4n) is 1.73. The molecule has 0 heterocycles. The summed E-state index contributed by atoms with van der Waals surface area (Å²) in [4.78, 5) is 23.7. The van der Waals surface area contributed by atoms with E-state index in [1.54, 1.807) is 0 Å². The van der Waals surface area contributed by atoms with Crippen LogP contribution in [0.3, 0.4) is 0 Å². The van der Waals surface area contributed by atoms with E-state index in [1.807, 2.05) is 0 Å². The Bertz CT molecular complexity index is 753. The van der Waals surface area contributed by atoms with Crippen LogP contribution >= 0.6 is 11.6 Å². The van der Waals surface area contributed by atoms with Crippen molar-refractivity contribution in [3.05, 3.63) is 64.7 Å². The van der Waals surface area contributed by atoms with E-state index in [2.05, 4.69) is 10.9 Å². The molecule has 0 bridgehead atoms. The third-order valence-corrected chi connectivity index (χ3v) is 3.21. The minimum Gasteiger partial charge on any atom is -0.481 e. The fourth-order valence-corrected chi connectivity index (χ4v) is 1.89. The van der Waals surface area contributed by atoms with E-state index in [4.69, 9.17) is 16.3 Å². The first-order chi connectivity index (χ1) is 11.4. The Balaban J connectivity index is 1.89. The predicted octanol–water partition coefficient (Wildman–Crippen LogP) is 2.85. The van der Waals surface area contributed by atoms with Crippen LogP contribution in [0.15, 0.2) is 42.5 Å². The smallest absolute Gasteiger partial charge is 0.279 e. The molecule has 0 aliphatic rings. The van der Waals surface area contributed by atoms with Crippen LogP contribution in [0.4, 0.5) is 8.78 Å². The minimum atomic E-state index is -0.967. The molecule has 24 heavy (non-hydrogen) atoms. The Labute approximate surface area is 141 Å². The fraction of sp³-hybridized carbons (Fsp3) is 0.125. The largest absolute Gasteiger partial charge is 0.481 e. The number of hydrogen-bond acceptors (Lipinski definition) is 3. The van der Waals surface area contributed by atoms with Gasteiger partial charge in [-0.15, -0.1) is 0 Å². The van der Waals surface area contributed by atoms with Crippen molar-refractivity contribution in [2.75, 3.05) is 0 Å². The number of rotatable bonds is 4. The first kappa shape index (κ1) is 17.7. The molecule has 2 N–H and O–H groups in total. The molecule has 0 aliphatic carbocycles. The minimum absolute atomic E-state index is 0.148. The molecule has 0 spiro atoms. The first-order valence-corrected chi connectivity index (χ1v) is 7.22. The first-order valence-electron chi connectivity index (χ1n) is 6.84. The van der Waals surface area contributed by atoms with E-state index in [1.165, 1.54) is 43.3 Å². The van der Waals surface area contributed by atoms with Gasteiger partial charge < -0.3 is 4.74 Å². The SMILES string of the molecule is C[C@@H](Oc1ccc(F)cc1)C(=O)NNC(=O)c1ccc(Cl)cc1F. The molecule has 2 aromatic carbocycles. The zero-order valence-electron chi connectivity index (χ0n) is 12.5. The summed E-state index contributed by atoms with van der Waals surface area (Å²) in [6.07, 6.45) is -0.967. The lowest BCUT2D eigenvalue weighted by Crippen LogP contribution is -2.47. The molecule has 0 aromatic heterocycles. The molecule has 2 rings (SSSR count). The van der Waals surface area contributed by atoms with Gasteiger partial charge in [-0.25, -0.2) is 8.78 Å². The molecule has 0 radical (unpaired) electrons. The number of carbonyl (C=O) groups is 2. The molecular weight excluding hydrogens is 342 g/mol. The van der Waals surface area contributed by atoms with Crippen LogP contribution in [0.2, 0.25) is 5.02 Å². The summed E-state index contributed by atoms with van der Waals surface area (Å²) in [5.41, 5.74) is 3.92. The predicted molar refractivity (Wildman–Crippen MR) is 83.5 cm³/mol. The maximum atomic E-state index is 13.6. The molecule has 8 heteroatoms. The normalized spacial score (nSPS) is 11.5. The molecule has 0 aliphatic heterocycles. The Hall–Kier alpha value is -2.67. The van der Waals surface area contributed by atoms with Crippen molar-refractivity contribution in [2.24, 2.45) is 0 Å². The number of carbonyl (C=O) groups excluding carboxylic acids is 2. The van der Waals surface area contributed by atoms with Crippen molar-refractivity contribution in [3.8, 4) is 5.75 Å². The number of nitrogens with one attached hydrogen (secondary N) is 2. The van der Waals surface area contributed by atoms with Gasteiger partial charge in [-0.2, -0.15) is 0 Å². The summed E-state index contributed by atoms with van der Waals surface area (Å²) in [6.45, 7) is 1.44. The van der Waals surface area contributed by atoms with Gasteiger partial charge in [0.2, 0.25) is 0 Å². The average molecular weight is 355 g/mol. The molecule has 0 saturated carbocycles. The summed E-state index contributed by atoms with van der Waals surface area (Å²) in [5.74, 6) is -2.47. The van der Waals surface area contributed by atoms with Crippen LogP contribution in [0.25, 0.3) is 0 Å². The van der Waals surface area contributed by atoms with Gasteiger partial charge in [0.05, 0.1) is 5.56 Å². The lowest BCUT2D eigenvalue weighted by atomic mass is 10.2. The molecule has 0 fully saturated rings. The molecule has 0 unspecified atom stereocenters. The van der Waals surface area contributed by atoms with Gasteiger partial charge in [0, 0.05) is 5.02 Å². The number of halogens is 3. The lowest BCUT2D eigenvalue weighted by molar-refractivity contribution is -0.128. The Kier molecular flexibility index (Phi) is 5.70. The van der Waals surface area contributed by atoms with Gasteiger partial charge in [0.25, 0.3) is 11.8 Å². The van der Waals surface area contributed by atoms with Crippen molar-refractivity contribution < 1.29 is 23.1 Å². The van der Waals surface area contributed by atoms with Crippen molar-refractivity contribution in [1.29, 1.82) is 0 Å². The van der Waals surface area contributed by atoms with E-state index in [0.29, 0.717) is 0 Å². The molecule has 5 nitrogen and oxygen atoms in total. The lowest BCUT2D eigenvalue weighted by Gasteiger charge is -2.15. The van der Waals surface area contributed by atoms with Crippen molar-refractivity contribution in [1.82, 2.24) is 10.9 Å². The van der Waals surface area contributed by atoms with E-state index in [9.17, 15) is 18.4 Å². The third-order valence-electron chi connectivity index (χ3n) is 2.97.